The zero-order chi connectivity index (χ0) is 14.1. The van der Waals surface area contributed by atoms with Gasteiger partial charge in [-0.3, -0.25) is 0 Å². The Hall–Kier alpha value is -1.02. The van der Waals surface area contributed by atoms with Crippen molar-refractivity contribution in [2.24, 2.45) is 10.8 Å². The maximum atomic E-state index is 9.29. The Morgan fingerprint density at radius 2 is 1.58 bits per heavy atom. The van der Waals surface area contributed by atoms with Gasteiger partial charge in [0.05, 0.1) is 0 Å². The summed E-state index contributed by atoms with van der Waals surface area (Å²) in [6, 6.07) is 8.08. The number of rotatable bonds is 3. The SMILES string of the molecule is CC1(C)CC(NCc2ccc(O)cc2)CC(C)(C)C1. The van der Waals surface area contributed by atoms with E-state index in [4.69, 9.17) is 0 Å². The first-order valence-corrected chi connectivity index (χ1v) is 7.27. The van der Waals surface area contributed by atoms with Gasteiger partial charge in [0, 0.05) is 12.6 Å². The molecule has 0 radical (unpaired) electrons. The Bertz CT molecular complexity index is 403. The first-order valence-electron chi connectivity index (χ1n) is 7.27. The second-order valence-corrected chi connectivity index (χ2v) is 7.66. The second-order valence-electron chi connectivity index (χ2n) is 7.66. The highest BCUT2D eigenvalue weighted by molar-refractivity contribution is 5.25. The van der Waals surface area contributed by atoms with Crippen LogP contribution in [0.15, 0.2) is 24.3 Å². The summed E-state index contributed by atoms with van der Waals surface area (Å²) in [4.78, 5) is 0. The minimum absolute atomic E-state index is 0.337. The average Bonchev–Trinajstić information content (AvgIpc) is 2.24. The second kappa shape index (κ2) is 5.16. The molecule has 2 heteroatoms. The van der Waals surface area contributed by atoms with E-state index in [-0.39, 0.29) is 0 Å². The lowest BCUT2D eigenvalue weighted by Crippen LogP contribution is -2.43. The fraction of sp³-hybridized carbons (Fsp3) is 0.647. The molecule has 0 aliphatic heterocycles. The third-order valence-corrected chi connectivity index (χ3v) is 4.09. The van der Waals surface area contributed by atoms with Crippen LogP contribution in [0.2, 0.25) is 0 Å². The van der Waals surface area contributed by atoms with E-state index in [2.05, 4.69) is 33.0 Å². The zero-order valence-corrected chi connectivity index (χ0v) is 12.7. The van der Waals surface area contributed by atoms with Crippen LogP contribution < -0.4 is 5.32 Å². The zero-order valence-electron chi connectivity index (χ0n) is 12.7. The summed E-state index contributed by atoms with van der Waals surface area (Å²) < 4.78 is 0. The smallest absolute Gasteiger partial charge is 0.115 e. The third-order valence-electron chi connectivity index (χ3n) is 4.09. The molecule has 1 aliphatic carbocycles. The van der Waals surface area contributed by atoms with E-state index in [1.807, 2.05) is 12.1 Å². The number of aromatic hydroxyl groups is 1. The molecule has 1 fully saturated rings. The highest BCUT2D eigenvalue weighted by Crippen LogP contribution is 2.45. The average molecular weight is 261 g/mol. The van der Waals surface area contributed by atoms with Crippen LogP contribution in [0.25, 0.3) is 0 Å². The first-order chi connectivity index (χ1) is 8.76. The largest absolute Gasteiger partial charge is 0.508 e. The fourth-order valence-corrected chi connectivity index (χ4v) is 3.87. The molecule has 0 atom stereocenters. The predicted octanol–water partition coefficient (Wildman–Crippen LogP) is 4.09. The Balaban J connectivity index is 1.93. The number of benzene rings is 1. The summed E-state index contributed by atoms with van der Waals surface area (Å²) in [6.07, 6.45) is 3.79. The van der Waals surface area contributed by atoms with Crippen LogP contribution in [0.5, 0.6) is 5.75 Å². The molecule has 2 N–H and O–H groups in total. The lowest BCUT2D eigenvalue weighted by molar-refractivity contribution is 0.0845. The molecule has 0 heterocycles. The van der Waals surface area contributed by atoms with Crippen molar-refractivity contribution in [3.05, 3.63) is 29.8 Å². The van der Waals surface area contributed by atoms with Gasteiger partial charge in [-0.15, -0.1) is 0 Å². The van der Waals surface area contributed by atoms with E-state index in [1.165, 1.54) is 24.8 Å². The van der Waals surface area contributed by atoms with Gasteiger partial charge in [-0.05, 0) is 47.8 Å². The molecule has 1 saturated carbocycles. The standard InChI is InChI=1S/C17H27NO/c1-16(2)9-14(10-17(3,4)12-16)18-11-13-5-7-15(19)8-6-13/h5-8,14,18-19H,9-12H2,1-4H3. The van der Waals surface area contributed by atoms with Gasteiger partial charge in [0.2, 0.25) is 0 Å². The molecule has 106 valence electrons. The third kappa shape index (κ3) is 4.24. The van der Waals surface area contributed by atoms with Crippen molar-refractivity contribution in [3.63, 3.8) is 0 Å². The van der Waals surface area contributed by atoms with Crippen LogP contribution in [0.4, 0.5) is 0 Å². The van der Waals surface area contributed by atoms with Gasteiger partial charge in [0.25, 0.3) is 0 Å². The molecule has 0 saturated heterocycles. The van der Waals surface area contributed by atoms with E-state index in [9.17, 15) is 5.11 Å². The van der Waals surface area contributed by atoms with Gasteiger partial charge in [0.15, 0.2) is 0 Å². The molecule has 0 aromatic heterocycles. The number of phenolic OH excluding ortho intramolecular Hbond substituents is 1. The van der Waals surface area contributed by atoms with Gasteiger partial charge in [-0.25, -0.2) is 0 Å². The summed E-state index contributed by atoms with van der Waals surface area (Å²) in [5.74, 6) is 0.337. The Morgan fingerprint density at radius 3 is 2.11 bits per heavy atom. The van der Waals surface area contributed by atoms with Crippen molar-refractivity contribution in [2.45, 2.75) is 59.5 Å². The van der Waals surface area contributed by atoms with Crippen LogP contribution in [-0.4, -0.2) is 11.1 Å². The molecule has 19 heavy (non-hydrogen) atoms. The van der Waals surface area contributed by atoms with Crippen molar-refractivity contribution in [1.29, 1.82) is 0 Å². The molecule has 2 rings (SSSR count). The van der Waals surface area contributed by atoms with Crippen molar-refractivity contribution in [1.82, 2.24) is 5.32 Å². The highest BCUT2D eigenvalue weighted by atomic mass is 16.3. The molecule has 2 nitrogen and oxygen atoms in total. The molecule has 0 bridgehead atoms. The quantitative estimate of drug-likeness (QED) is 0.859. The fourth-order valence-electron chi connectivity index (χ4n) is 3.87. The number of nitrogens with one attached hydrogen (secondary N) is 1. The van der Waals surface area contributed by atoms with Crippen LogP contribution in [0.1, 0.15) is 52.5 Å². The lowest BCUT2D eigenvalue weighted by atomic mass is 9.63. The lowest BCUT2D eigenvalue weighted by Gasteiger charge is -2.45. The van der Waals surface area contributed by atoms with E-state index in [0.717, 1.165) is 6.54 Å². The molecule has 0 spiro atoms. The Labute approximate surface area is 117 Å². The normalized spacial score (nSPS) is 22.3. The first kappa shape index (κ1) is 14.4. The summed E-state index contributed by atoms with van der Waals surface area (Å²) in [6.45, 7) is 10.4. The summed E-state index contributed by atoms with van der Waals surface area (Å²) in [5.41, 5.74) is 2.09. The molecular weight excluding hydrogens is 234 g/mol. The van der Waals surface area contributed by atoms with Crippen molar-refractivity contribution in [3.8, 4) is 5.75 Å². The molecule has 0 unspecified atom stereocenters. The van der Waals surface area contributed by atoms with Gasteiger partial charge in [-0.2, -0.15) is 0 Å². The van der Waals surface area contributed by atoms with Gasteiger partial charge in [-0.1, -0.05) is 39.8 Å². The maximum Gasteiger partial charge on any atom is 0.115 e. The van der Waals surface area contributed by atoms with Crippen LogP contribution in [-0.2, 0) is 6.54 Å². The minimum Gasteiger partial charge on any atom is -0.508 e. The highest BCUT2D eigenvalue weighted by Gasteiger charge is 2.37. The number of hydrogen-bond donors (Lipinski definition) is 2. The van der Waals surface area contributed by atoms with Crippen molar-refractivity contribution < 1.29 is 5.11 Å². The van der Waals surface area contributed by atoms with Gasteiger partial charge in [0.1, 0.15) is 5.75 Å². The van der Waals surface area contributed by atoms with Crippen molar-refractivity contribution in [2.75, 3.05) is 0 Å². The van der Waals surface area contributed by atoms with Crippen LogP contribution in [0, 0.1) is 10.8 Å². The summed E-state index contributed by atoms with van der Waals surface area (Å²) in [5, 5.41) is 13.0. The van der Waals surface area contributed by atoms with Crippen LogP contribution in [0.3, 0.4) is 0 Å². The Morgan fingerprint density at radius 1 is 1.05 bits per heavy atom. The summed E-state index contributed by atoms with van der Waals surface area (Å²) >= 11 is 0. The summed E-state index contributed by atoms with van der Waals surface area (Å²) in [7, 11) is 0. The minimum atomic E-state index is 0.337. The molecule has 1 aromatic rings. The van der Waals surface area contributed by atoms with E-state index in [1.54, 1.807) is 12.1 Å². The van der Waals surface area contributed by atoms with E-state index in [0.29, 0.717) is 22.6 Å². The van der Waals surface area contributed by atoms with Crippen LogP contribution >= 0.6 is 0 Å². The maximum absolute atomic E-state index is 9.29. The number of hydrogen-bond acceptors (Lipinski definition) is 2. The van der Waals surface area contributed by atoms with E-state index < -0.39 is 0 Å². The van der Waals surface area contributed by atoms with Gasteiger partial charge < -0.3 is 10.4 Å². The predicted molar refractivity (Wildman–Crippen MR) is 80.1 cm³/mol. The molecule has 1 aliphatic rings. The number of phenols is 1. The topological polar surface area (TPSA) is 32.3 Å². The monoisotopic (exact) mass is 261 g/mol. The molecule has 1 aromatic carbocycles. The Kier molecular flexibility index (Phi) is 3.91. The van der Waals surface area contributed by atoms with Crippen molar-refractivity contribution >= 4 is 0 Å². The molecule has 0 amide bonds. The van der Waals surface area contributed by atoms with Gasteiger partial charge >= 0.3 is 0 Å². The molecular formula is C17H27NO. The van der Waals surface area contributed by atoms with E-state index >= 15 is 0 Å².